The molecule has 2 rings (SSSR count). The number of nitrogens with one attached hydrogen (secondary N) is 2. The highest BCUT2D eigenvalue weighted by molar-refractivity contribution is 6.01. The molecule has 0 radical (unpaired) electrons. The highest BCUT2D eigenvalue weighted by Gasteiger charge is 2.37. The maximum atomic E-state index is 12.4. The Hall–Kier alpha value is -2.02. The zero-order valence-electron chi connectivity index (χ0n) is 10.7. The van der Waals surface area contributed by atoms with Gasteiger partial charge in [0.25, 0.3) is 0 Å². The molecule has 0 bridgehead atoms. The van der Waals surface area contributed by atoms with Crippen molar-refractivity contribution in [3.8, 4) is 6.07 Å². The lowest BCUT2D eigenvalue weighted by Gasteiger charge is -2.27. The number of fused-ring (bicyclic) bond motifs is 1. The summed E-state index contributed by atoms with van der Waals surface area (Å²) in [4.78, 5) is 12.4. The number of nitriles is 1. The minimum absolute atomic E-state index is 0.00134. The molecule has 1 aliphatic rings. The summed E-state index contributed by atoms with van der Waals surface area (Å²) >= 11 is 0. The lowest BCUT2D eigenvalue weighted by molar-refractivity contribution is -0.125. The Kier molecular flexibility index (Phi) is 3.24. The first-order valence-electron chi connectivity index (χ1n) is 6.25. The molecule has 0 aromatic heterocycles. The van der Waals surface area contributed by atoms with E-state index in [0.29, 0.717) is 17.8 Å². The number of rotatable bonds is 2. The van der Waals surface area contributed by atoms with Gasteiger partial charge in [-0.2, -0.15) is 5.26 Å². The van der Waals surface area contributed by atoms with Crippen LogP contribution in [0.4, 0.5) is 11.4 Å². The zero-order valence-corrected chi connectivity index (χ0v) is 10.7. The van der Waals surface area contributed by atoms with E-state index in [1.54, 1.807) is 6.07 Å². The minimum atomic E-state index is -0.397. The van der Waals surface area contributed by atoms with Gasteiger partial charge in [0.15, 0.2) is 0 Å². The van der Waals surface area contributed by atoms with Gasteiger partial charge in [0.2, 0.25) is 5.91 Å². The Bertz CT molecular complexity index is 512. The summed E-state index contributed by atoms with van der Waals surface area (Å²) in [5.74, 6) is 0.00134. The van der Waals surface area contributed by atoms with Crippen LogP contribution in [0.3, 0.4) is 0 Å². The lowest BCUT2D eigenvalue weighted by atomic mass is 9.81. The third-order valence-electron chi connectivity index (χ3n) is 3.88. The largest absolute Gasteiger partial charge is 0.382 e. The van der Waals surface area contributed by atoms with Gasteiger partial charge in [-0.1, -0.05) is 19.9 Å². The van der Waals surface area contributed by atoms with Crippen molar-refractivity contribution in [3.63, 3.8) is 0 Å². The molecule has 0 spiro atoms. The van der Waals surface area contributed by atoms with Crippen molar-refractivity contribution in [1.29, 1.82) is 5.26 Å². The number of hydrogen-bond acceptors (Lipinski definition) is 3. The Morgan fingerprint density at radius 2 is 2.11 bits per heavy atom. The first-order valence-corrected chi connectivity index (χ1v) is 6.25. The molecule has 1 aromatic carbocycles. The normalized spacial score (nSPS) is 16.8. The van der Waals surface area contributed by atoms with Crippen LogP contribution in [-0.2, 0) is 4.79 Å². The topological polar surface area (TPSA) is 64.9 Å². The standard InChI is InChI=1S/C14H17N3O/c1-3-14(4-2)9-16-11-7-5-6-10(8-15)12(11)17-13(14)18/h5-7,16H,3-4,9H2,1-2H3,(H,17,18). The molecule has 1 amide bonds. The Morgan fingerprint density at radius 1 is 1.39 bits per heavy atom. The lowest BCUT2D eigenvalue weighted by Crippen LogP contribution is -2.39. The van der Waals surface area contributed by atoms with Crippen LogP contribution < -0.4 is 10.6 Å². The highest BCUT2D eigenvalue weighted by Crippen LogP contribution is 2.36. The van der Waals surface area contributed by atoms with Crippen molar-refractivity contribution in [2.45, 2.75) is 26.7 Å². The number of anilines is 2. The quantitative estimate of drug-likeness (QED) is 0.839. The van der Waals surface area contributed by atoms with Crippen LogP contribution in [0.25, 0.3) is 0 Å². The number of carbonyl (C=O) groups is 1. The summed E-state index contributed by atoms with van der Waals surface area (Å²) in [5.41, 5.74) is 1.53. The van der Waals surface area contributed by atoms with E-state index in [0.717, 1.165) is 18.5 Å². The van der Waals surface area contributed by atoms with E-state index in [1.807, 2.05) is 26.0 Å². The molecule has 0 atom stereocenters. The van der Waals surface area contributed by atoms with Gasteiger partial charge in [0.05, 0.1) is 22.4 Å². The van der Waals surface area contributed by atoms with Gasteiger partial charge in [0, 0.05) is 6.54 Å². The fourth-order valence-corrected chi connectivity index (χ4v) is 2.34. The zero-order chi connectivity index (χ0) is 13.2. The first-order chi connectivity index (χ1) is 8.66. The van der Waals surface area contributed by atoms with E-state index >= 15 is 0 Å². The fraction of sp³-hybridized carbons (Fsp3) is 0.429. The molecule has 18 heavy (non-hydrogen) atoms. The van der Waals surface area contributed by atoms with Crippen molar-refractivity contribution < 1.29 is 4.79 Å². The van der Waals surface area contributed by atoms with Crippen molar-refractivity contribution >= 4 is 17.3 Å². The van der Waals surface area contributed by atoms with Crippen LogP contribution in [0.15, 0.2) is 18.2 Å². The molecular formula is C14H17N3O. The molecular weight excluding hydrogens is 226 g/mol. The molecule has 4 heteroatoms. The van der Waals surface area contributed by atoms with E-state index in [-0.39, 0.29) is 5.91 Å². The smallest absolute Gasteiger partial charge is 0.232 e. The maximum Gasteiger partial charge on any atom is 0.232 e. The summed E-state index contributed by atoms with van der Waals surface area (Å²) in [7, 11) is 0. The third kappa shape index (κ3) is 1.82. The molecule has 0 fully saturated rings. The second-order valence-corrected chi connectivity index (χ2v) is 4.64. The van der Waals surface area contributed by atoms with Crippen molar-refractivity contribution in [2.24, 2.45) is 5.41 Å². The summed E-state index contributed by atoms with van der Waals surface area (Å²) < 4.78 is 0. The molecule has 4 nitrogen and oxygen atoms in total. The molecule has 1 aromatic rings. The first kappa shape index (κ1) is 12.4. The average molecular weight is 243 g/mol. The van der Waals surface area contributed by atoms with Crippen molar-refractivity contribution in [2.75, 3.05) is 17.2 Å². The number of benzene rings is 1. The number of nitrogens with zero attached hydrogens (tertiary/aromatic N) is 1. The second-order valence-electron chi connectivity index (χ2n) is 4.64. The molecule has 1 aliphatic heterocycles. The van der Waals surface area contributed by atoms with Gasteiger partial charge in [-0.15, -0.1) is 0 Å². The maximum absolute atomic E-state index is 12.4. The Balaban J connectivity index is 2.46. The van der Waals surface area contributed by atoms with Gasteiger partial charge in [0.1, 0.15) is 6.07 Å². The molecule has 0 saturated carbocycles. The fourth-order valence-electron chi connectivity index (χ4n) is 2.34. The van der Waals surface area contributed by atoms with Crippen LogP contribution in [0, 0.1) is 16.7 Å². The van der Waals surface area contributed by atoms with Crippen LogP contribution in [0.2, 0.25) is 0 Å². The average Bonchev–Trinajstić information content (AvgIpc) is 2.55. The van der Waals surface area contributed by atoms with Gasteiger partial charge in [-0.25, -0.2) is 0 Å². The molecule has 94 valence electrons. The Labute approximate surface area is 107 Å². The molecule has 2 N–H and O–H groups in total. The molecule has 0 aliphatic carbocycles. The van der Waals surface area contributed by atoms with E-state index in [1.165, 1.54) is 0 Å². The van der Waals surface area contributed by atoms with Gasteiger partial charge >= 0.3 is 0 Å². The van der Waals surface area contributed by atoms with E-state index in [2.05, 4.69) is 16.7 Å². The monoisotopic (exact) mass is 243 g/mol. The number of hydrogen-bond donors (Lipinski definition) is 2. The second kappa shape index (κ2) is 4.69. The van der Waals surface area contributed by atoms with E-state index in [4.69, 9.17) is 5.26 Å². The highest BCUT2D eigenvalue weighted by atomic mass is 16.2. The van der Waals surface area contributed by atoms with Gasteiger partial charge in [-0.05, 0) is 25.0 Å². The van der Waals surface area contributed by atoms with Gasteiger partial charge < -0.3 is 10.6 Å². The molecule has 0 saturated heterocycles. The summed E-state index contributed by atoms with van der Waals surface area (Å²) in [6, 6.07) is 7.53. The van der Waals surface area contributed by atoms with Crippen LogP contribution >= 0.6 is 0 Å². The van der Waals surface area contributed by atoms with Crippen molar-refractivity contribution in [3.05, 3.63) is 23.8 Å². The van der Waals surface area contributed by atoms with E-state index < -0.39 is 5.41 Å². The van der Waals surface area contributed by atoms with Crippen LogP contribution in [0.1, 0.15) is 32.3 Å². The van der Waals surface area contributed by atoms with Crippen LogP contribution in [0.5, 0.6) is 0 Å². The Morgan fingerprint density at radius 3 is 2.72 bits per heavy atom. The third-order valence-corrected chi connectivity index (χ3v) is 3.88. The summed E-state index contributed by atoms with van der Waals surface area (Å²) in [6.45, 7) is 4.64. The van der Waals surface area contributed by atoms with Crippen LogP contribution in [-0.4, -0.2) is 12.5 Å². The number of para-hydroxylation sites is 1. The van der Waals surface area contributed by atoms with Crippen molar-refractivity contribution in [1.82, 2.24) is 0 Å². The predicted molar refractivity (Wildman–Crippen MR) is 71.3 cm³/mol. The summed E-state index contributed by atoms with van der Waals surface area (Å²) in [5, 5.41) is 15.3. The molecule has 1 heterocycles. The predicted octanol–water partition coefficient (Wildman–Crippen LogP) is 2.73. The number of carbonyl (C=O) groups excluding carboxylic acids is 1. The van der Waals surface area contributed by atoms with E-state index in [9.17, 15) is 4.79 Å². The SMILES string of the molecule is CCC1(CC)CNc2cccc(C#N)c2NC1=O. The molecule has 0 unspecified atom stereocenters. The van der Waals surface area contributed by atoms with Gasteiger partial charge in [-0.3, -0.25) is 4.79 Å². The minimum Gasteiger partial charge on any atom is -0.382 e. The number of amides is 1. The summed E-state index contributed by atoms with van der Waals surface area (Å²) in [6.07, 6.45) is 1.55.